The molecule has 0 aliphatic carbocycles. The first-order valence-corrected chi connectivity index (χ1v) is 11.3. The first-order valence-electron chi connectivity index (χ1n) is 9.62. The molecule has 6 heteroatoms. The Bertz CT molecular complexity index is 1330. The van der Waals surface area contributed by atoms with E-state index in [9.17, 15) is 4.79 Å². The Morgan fingerprint density at radius 1 is 1.10 bits per heavy atom. The number of fused-ring (bicyclic) bond motifs is 1. The third-order valence-corrected chi connectivity index (χ3v) is 7.27. The molecule has 1 aliphatic rings. The summed E-state index contributed by atoms with van der Waals surface area (Å²) in [5.74, 6) is -0.583. The molecule has 5 rings (SSSR count). The lowest BCUT2D eigenvalue weighted by molar-refractivity contribution is -0.114. The molecular weight excluding hydrogens is 410 g/mol. The Kier molecular flexibility index (Phi) is 4.68. The van der Waals surface area contributed by atoms with E-state index in [0.29, 0.717) is 15.0 Å². The van der Waals surface area contributed by atoms with Crippen molar-refractivity contribution < 1.29 is 4.79 Å². The number of thioether (sulfide) groups is 1. The van der Waals surface area contributed by atoms with Gasteiger partial charge in [0.05, 0.1) is 9.95 Å². The highest BCUT2D eigenvalue weighted by Crippen LogP contribution is 2.41. The van der Waals surface area contributed by atoms with Gasteiger partial charge in [-0.2, -0.15) is 0 Å². The molecule has 0 spiro atoms. The summed E-state index contributed by atoms with van der Waals surface area (Å²) in [7, 11) is 0. The van der Waals surface area contributed by atoms with E-state index in [1.165, 1.54) is 33.9 Å². The first kappa shape index (κ1) is 19.0. The van der Waals surface area contributed by atoms with Crippen LogP contribution >= 0.6 is 23.1 Å². The van der Waals surface area contributed by atoms with Gasteiger partial charge in [-0.05, 0) is 54.5 Å². The molecule has 0 radical (unpaired) electrons. The molecule has 1 fully saturated rings. The van der Waals surface area contributed by atoms with Crippen molar-refractivity contribution in [1.82, 2.24) is 9.55 Å². The molecular formula is C24H19N3OS2. The number of carbonyl (C=O) groups excluding carboxylic acids is 1. The van der Waals surface area contributed by atoms with Crippen LogP contribution in [0.5, 0.6) is 0 Å². The summed E-state index contributed by atoms with van der Waals surface area (Å²) in [4.78, 5) is 17.8. The second-order valence-corrected chi connectivity index (χ2v) is 9.35. The lowest BCUT2D eigenvalue weighted by Crippen LogP contribution is -2.11. The summed E-state index contributed by atoms with van der Waals surface area (Å²) in [6, 6.07) is 16.9. The number of allylic oxidation sites excluding steroid dienone is 1. The summed E-state index contributed by atoms with van der Waals surface area (Å²) in [6.45, 7) is 4.15. The lowest BCUT2D eigenvalue weighted by atomic mass is 10.1. The van der Waals surface area contributed by atoms with Crippen LogP contribution in [0.2, 0.25) is 0 Å². The van der Waals surface area contributed by atoms with Crippen LogP contribution in [-0.4, -0.2) is 20.4 Å². The van der Waals surface area contributed by atoms with Gasteiger partial charge in [0.15, 0.2) is 5.78 Å². The summed E-state index contributed by atoms with van der Waals surface area (Å²) in [6.07, 6.45) is 3.61. The van der Waals surface area contributed by atoms with Crippen LogP contribution in [0.25, 0.3) is 22.5 Å². The summed E-state index contributed by atoms with van der Waals surface area (Å²) >= 11 is 2.68. The normalized spacial score (nSPS) is 18.1. The average molecular weight is 430 g/mol. The van der Waals surface area contributed by atoms with Crippen molar-refractivity contribution in [3.05, 3.63) is 87.0 Å². The van der Waals surface area contributed by atoms with Gasteiger partial charge in [-0.25, -0.2) is 4.98 Å². The zero-order chi connectivity index (χ0) is 20.8. The van der Waals surface area contributed by atoms with Crippen LogP contribution in [0.15, 0.2) is 65.0 Å². The number of hydrogen-bond acceptors (Lipinski definition) is 5. The van der Waals surface area contributed by atoms with Crippen molar-refractivity contribution in [2.24, 2.45) is 0 Å². The SMILES string of the molecule is Cc1cc(/C=C2\SC(=N)[C@H](c3nccs3)C2=O)c(C)n1-c1ccc2ccccc2c1. The molecule has 0 unspecified atom stereocenters. The minimum atomic E-state index is -0.551. The smallest absolute Gasteiger partial charge is 0.186 e. The molecule has 1 atom stereocenters. The van der Waals surface area contributed by atoms with Gasteiger partial charge in [0.1, 0.15) is 10.9 Å². The van der Waals surface area contributed by atoms with Gasteiger partial charge >= 0.3 is 0 Å². The number of rotatable bonds is 3. The van der Waals surface area contributed by atoms with E-state index in [0.717, 1.165) is 22.6 Å². The zero-order valence-electron chi connectivity index (χ0n) is 16.5. The van der Waals surface area contributed by atoms with E-state index in [2.05, 4.69) is 59.8 Å². The number of benzene rings is 2. The number of thiazole rings is 1. The number of carbonyl (C=O) groups is 1. The number of ketones is 1. The molecule has 4 aromatic rings. The van der Waals surface area contributed by atoms with Crippen LogP contribution in [0.4, 0.5) is 0 Å². The number of nitrogens with one attached hydrogen (secondary N) is 1. The average Bonchev–Trinajstić information content (AvgIpc) is 3.42. The molecule has 4 nitrogen and oxygen atoms in total. The fourth-order valence-corrected chi connectivity index (χ4v) is 5.78. The third kappa shape index (κ3) is 3.13. The maximum atomic E-state index is 13.0. The highest BCUT2D eigenvalue weighted by atomic mass is 32.2. The maximum Gasteiger partial charge on any atom is 0.186 e. The van der Waals surface area contributed by atoms with E-state index in [1.54, 1.807) is 6.20 Å². The maximum absolute atomic E-state index is 13.0. The minimum Gasteiger partial charge on any atom is -0.318 e. The highest BCUT2D eigenvalue weighted by molar-refractivity contribution is 8.19. The molecule has 2 aromatic carbocycles. The molecule has 148 valence electrons. The highest BCUT2D eigenvalue weighted by Gasteiger charge is 2.38. The van der Waals surface area contributed by atoms with Gasteiger partial charge in [-0.1, -0.05) is 42.1 Å². The zero-order valence-corrected chi connectivity index (χ0v) is 18.2. The van der Waals surface area contributed by atoms with Crippen molar-refractivity contribution in [3.8, 4) is 5.69 Å². The summed E-state index contributed by atoms with van der Waals surface area (Å²) in [5, 5.41) is 13.6. The first-order chi connectivity index (χ1) is 14.5. The van der Waals surface area contributed by atoms with E-state index in [4.69, 9.17) is 5.41 Å². The van der Waals surface area contributed by atoms with Crippen LogP contribution in [-0.2, 0) is 4.79 Å². The van der Waals surface area contributed by atoms with Crippen molar-refractivity contribution in [3.63, 3.8) is 0 Å². The Labute approximate surface area is 182 Å². The lowest BCUT2D eigenvalue weighted by Gasteiger charge is -2.11. The molecule has 0 bridgehead atoms. The van der Waals surface area contributed by atoms with E-state index >= 15 is 0 Å². The number of hydrogen-bond donors (Lipinski definition) is 1. The molecule has 1 saturated heterocycles. The molecule has 0 amide bonds. The quantitative estimate of drug-likeness (QED) is 0.399. The topological polar surface area (TPSA) is 58.7 Å². The predicted molar refractivity (Wildman–Crippen MR) is 126 cm³/mol. The minimum absolute atomic E-state index is 0.0320. The fourth-order valence-electron chi connectivity index (χ4n) is 3.98. The Morgan fingerprint density at radius 2 is 1.90 bits per heavy atom. The van der Waals surface area contributed by atoms with Crippen molar-refractivity contribution in [1.29, 1.82) is 5.41 Å². The van der Waals surface area contributed by atoms with Crippen molar-refractivity contribution >= 4 is 50.8 Å². The predicted octanol–water partition coefficient (Wildman–Crippen LogP) is 6.12. The molecule has 2 aromatic heterocycles. The van der Waals surface area contributed by atoms with Crippen molar-refractivity contribution in [2.45, 2.75) is 19.8 Å². The second-order valence-electron chi connectivity index (χ2n) is 7.34. The fraction of sp³-hybridized carbons (Fsp3) is 0.125. The Morgan fingerprint density at radius 3 is 2.67 bits per heavy atom. The number of nitrogens with zero attached hydrogens (tertiary/aromatic N) is 2. The van der Waals surface area contributed by atoms with Gasteiger partial charge in [-0.15, -0.1) is 11.3 Å². The Balaban J connectivity index is 1.54. The molecule has 0 saturated carbocycles. The summed E-state index contributed by atoms with van der Waals surface area (Å²) in [5.41, 5.74) is 4.29. The molecule has 1 N–H and O–H groups in total. The van der Waals surface area contributed by atoms with Crippen LogP contribution < -0.4 is 0 Å². The molecule has 30 heavy (non-hydrogen) atoms. The monoisotopic (exact) mass is 429 g/mol. The Hall–Kier alpha value is -2.96. The van der Waals surface area contributed by atoms with Gasteiger partial charge in [0.25, 0.3) is 0 Å². The van der Waals surface area contributed by atoms with Crippen LogP contribution in [0.1, 0.15) is 27.9 Å². The van der Waals surface area contributed by atoms with E-state index in [-0.39, 0.29) is 5.78 Å². The van der Waals surface area contributed by atoms with E-state index < -0.39 is 5.92 Å². The van der Waals surface area contributed by atoms with Crippen LogP contribution in [0.3, 0.4) is 0 Å². The standard InChI is InChI=1S/C24H19N3OS2/c1-14-11-18(13-20-22(28)21(23(25)30-20)24-26-9-10-29-24)15(2)27(14)19-8-7-16-5-3-4-6-17(16)12-19/h3-13,21,25H,1-2H3/b20-13-,25-23?/t21-/m1/s1. The van der Waals surface area contributed by atoms with E-state index in [1.807, 2.05) is 23.6 Å². The van der Waals surface area contributed by atoms with Crippen LogP contribution in [0, 0.1) is 19.3 Å². The van der Waals surface area contributed by atoms with Gasteiger partial charge in [0.2, 0.25) is 0 Å². The number of aryl methyl sites for hydroxylation is 1. The molecule has 3 heterocycles. The second kappa shape index (κ2) is 7.38. The largest absolute Gasteiger partial charge is 0.318 e. The van der Waals surface area contributed by atoms with Gasteiger partial charge in [-0.3, -0.25) is 10.2 Å². The summed E-state index contributed by atoms with van der Waals surface area (Å²) < 4.78 is 2.21. The number of aromatic nitrogens is 2. The van der Waals surface area contributed by atoms with Gasteiger partial charge in [0, 0.05) is 28.7 Å². The number of Topliss-reactive ketones (excluding diaryl/α,β-unsaturated/α-hetero) is 1. The van der Waals surface area contributed by atoms with Gasteiger partial charge < -0.3 is 4.57 Å². The third-order valence-electron chi connectivity index (χ3n) is 5.43. The molecule has 1 aliphatic heterocycles. The van der Waals surface area contributed by atoms with Crippen molar-refractivity contribution in [2.75, 3.05) is 0 Å².